The summed E-state index contributed by atoms with van der Waals surface area (Å²) in [5.41, 5.74) is 0. The van der Waals surface area contributed by atoms with Crippen LogP contribution >= 0.6 is 7.82 Å². The number of rotatable bonds is 16. The standard InChI is InChI=1S/C19H33O6P/c1-3-5-6-7-8-9-11-16-19(24-18-14-12-10-13-15-18)17-22-25-26(20,21)23-4-2/h10,12-15,19H,3-9,11,16-17H2,1-2H3,(H,20,21). The Labute approximate surface area is 157 Å². The van der Waals surface area contributed by atoms with E-state index in [1.807, 2.05) is 30.3 Å². The Kier molecular flexibility index (Phi) is 12.6. The zero-order valence-corrected chi connectivity index (χ0v) is 16.9. The zero-order valence-electron chi connectivity index (χ0n) is 16.0. The summed E-state index contributed by atoms with van der Waals surface area (Å²) in [7, 11) is -4.16. The maximum atomic E-state index is 11.5. The second-order valence-electron chi connectivity index (χ2n) is 6.21. The second kappa shape index (κ2) is 14.2. The molecular formula is C19H33O6P. The summed E-state index contributed by atoms with van der Waals surface area (Å²) < 4.78 is 26.5. The molecule has 2 unspecified atom stereocenters. The van der Waals surface area contributed by atoms with Crippen LogP contribution < -0.4 is 4.74 Å². The van der Waals surface area contributed by atoms with Gasteiger partial charge in [0.05, 0.1) is 6.61 Å². The monoisotopic (exact) mass is 388 g/mol. The number of phosphoric ester groups is 1. The largest absolute Gasteiger partial charge is 0.499 e. The van der Waals surface area contributed by atoms with Crippen molar-refractivity contribution in [1.29, 1.82) is 0 Å². The van der Waals surface area contributed by atoms with Crippen molar-refractivity contribution in [2.24, 2.45) is 0 Å². The number of hydrogen-bond donors (Lipinski definition) is 1. The Balaban J connectivity index is 2.37. The van der Waals surface area contributed by atoms with Gasteiger partial charge in [0.1, 0.15) is 18.5 Å². The predicted octanol–water partition coefficient (Wildman–Crippen LogP) is 5.66. The summed E-state index contributed by atoms with van der Waals surface area (Å²) in [4.78, 5) is 14.3. The molecule has 0 aliphatic rings. The summed E-state index contributed by atoms with van der Waals surface area (Å²) in [6, 6.07) is 9.45. The highest BCUT2D eigenvalue weighted by Crippen LogP contribution is 2.43. The molecule has 0 radical (unpaired) electrons. The van der Waals surface area contributed by atoms with Gasteiger partial charge < -0.3 is 9.63 Å². The van der Waals surface area contributed by atoms with Gasteiger partial charge in [0.2, 0.25) is 0 Å². The third-order valence-electron chi connectivity index (χ3n) is 3.87. The highest BCUT2D eigenvalue weighted by molar-refractivity contribution is 7.47. The highest BCUT2D eigenvalue weighted by Gasteiger charge is 2.23. The molecule has 1 aromatic carbocycles. The average Bonchev–Trinajstić information content (AvgIpc) is 2.61. The molecule has 0 saturated carbocycles. The minimum atomic E-state index is -4.16. The molecule has 0 aliphatic heterocycles. The molecular weight excluding hydrogens is 355 g/mol. The Hall–Kier alpha value is -0.910. The molecule has 0 saturated heterocycles. The maximum Gasteiger partial charge on any atom is 0.499 e. The first kappa shape index (κ1) is 23.1. The lowest BCUT2D eigenvalue weighted by Gasteiger charge is -2.19. The smallest absolute Gasteiger partial charge is 0.488 e. The van der Waals surface area contributed by atoms with Gasteiger partial charge in [-0.3, -0.25) is 4.52 Å². The van der Waals surface area contributed by atoms with Crippen LogP contribution in [0.2, 0.25) is 0 Å². The molecule has 0 amide bonds. The number of ether oxygens (including phenoxy) is 1. The lowest BCUT2D eigenvalue weighted by Crippen LogP contribution is -2.23. The third-order valence-corrected chi connectivity index (χ3v) is 4.75. The molecule has 6 nitrogen and oxygen atoms in total. The van der Waals surface area contributed by atoms with Crippen molar-refractivity contribution in [3.63, 3.8) is 0 Å². The number of benzene rings is 1. The first-order valence-electron chi connectivity index (χ1n) is 9.57. The molecule has 0 aromatic heterocycles. The number of para-hydroxylation sites is 1. The van der Waals surface area contributed by atoms with Crippen molar-refractivity contribution in [3.05, 3.63) is 30.3 Å². The molecule has 1 rings (SSSR count). The average molecular weight is 388 g/mol. The summed E-state index contributed by atoms with van der Waals surface area (Å²) in [6.45, 7) is 3.94. The van der Waals surface area contributed by atoms with Gasteiger partial charge in [0.15, 0.2) is 0 Å². The Morgan fingerprint density at radius 3 is 2.31 bits per heavy atom. The van der Waals surface area contributed by atoms with Crippen LogP contribution in [0.3, 0.4) is 0 Å². The summed E-state index contributed by atoms with van der Waals surface area (Å²) in [6.07, 6.45) is 9.00. The molecule has 0 spiro atoms. The van der Waals surface area contributed by atoms with Crippen LogP contribution in [0.15, 0.2) is 30.3 Å². The zero-order chi connectivity index (χ0) is 19.1. The molecule has 1 aromatic rings. The lowest BCUT2D eigenvalue weighted by molar-refractivity contribution is -0.237. The SMILES string of the molecule is CCCCCCCCCC(COOP(=O)(O)OCC)Oc1ccccc1. The lowest BCUT2D eigenvalue weighted by atomic mass is 10.1. The van der Waals surface area contributed by atoms with Crippen LogP contribution in [0.1, 0.15) is 65.2 Å². The fourth-order valence-corrected chi connectivity index (χ4v) is 3.12. The molecule has 0 aliphatic carbocycles. The van der Waals surface area contributed by atoms with E-state index in [2.05, 4.69) is 16.1 Å². The molecule has 0 fully saturated rings. The first-order chi connectivity index (χ1) is 12.6. The van der Waals surface area contributed by atoms with Crippen LogP contribution in [0, 0.1) is 0 Å². The first-order valence-corrected chi connectivity index (χ1v) is 11.1. The number of phosphoric acid groups is 1. The van der Waals surface area contributed by atoms with Crippen LogP contribution in [0.5, 0.6) is 5.75 Å². The Bertz CT molecular complexity index is 496. The van der Waals surface area contributed by atoms with Crippen LogP contribution in [0.25, 0.3) is 0 Å². The summed E-state index contributed by atoms with van der Waals surface area (Å²) in [5, 5.41) is 0. The minimum Gasteiger partial charge on any atom is -0.488 e. The highest BCUT2D eigenvalue weighted by atomic mass is 31.2. The predicted molar refractivity (Wildman–Crippen MR) is 102 cm³/mol. The number of unbranched alkanes of at least 4 members (excludes halogenated alkanes) is 6. The molecule has 7 heteroatoms. The molecule has 0 bridgehead atoms. The van der Waals surface area contributed by atoms with Crippen molar-refractivity contribution in [2.75, 3.05) is 13.2 Å². The van der Waals surface area contributed by atoms with Gasteiger partial charge in [0, 0.05) is 0 Å². The Morgan fingerprint density at radius 2 is 1.65 bits per heavy atom. The normalized spacial score (nSPS) is 14.7. The summed E-state index contributed by atoms with van der Waals surface area (Å²) in [5.74, 6) is 0.737. The van der Waals surface area contributed by atoms with Gasteiger partial charge in [0.25, 0.3) is 0 Å². The van der Waals surface area contributed by atoms with Crippen molar-refractivity contribution >= 4 is 7.82 Å². The van der Waals surface area contributed by atoms with E-state index in [-0.39, 0.29) is 19.3 Å². The molecule has 26 heavy (non-hydrogen) atoms. The van der Waals surface area contributed by atoms with Crippen molar-refractivity contribution in [3.8, 4) is 5.75 Å². The van der Waals surface area contributed by atoms with E-state index in [9.17, 15) is 9.46 Å². The Morgan fingerprint density at radius 1 is 1.00 bits per heavy atom. The fourth-order valence-electron chi connectivity index (χ4n) is 2.55. The van der Waals surface area contributed by atoms with Gasteiger partial charge >= 0.3 is 7.82 Å². The number of hydrogen-bond acceptors (Lipinski definition) is 5. The second-order valence-corrected chi connectivity index (χ2v) is 7.55. The van der Waals surface area contributed by atoms with E-state index in [0.29, 0.717) is 0 Å². The molecule has 2 atom stereocenters. The summed E-state index contributed by atoms with van der Waals surface area (Å²) >= 11 is 0. The van der Waals surface area contributed by atoms with Gasteiger partial charge in [-0.2, -0.15) is 0 Å². The van der Waals surface area contributed by atoms with Gasteiger partial charge in [-0.15, -0.1) is 4.67 Å². The van der Waals surface area contributed by atoms with E-state index in [4.69, 9.17) is 9.62 Å². The van der Waals surface area contributed by atoms with E-state index < -0.39 is 7.82 Å². The van der Waals surface area contributed by atoms with E-state index in [1.54, 1.807) is 6.92 Å². The minimum absolute atomic E-state index is 0.0579. The third kappa shape index (κ3) is 11.7. The van der Waals surface area contributed by atoms with E-state index in [0.717, 1.165) is 25.0 Å². The van der Waals surface area contributed by atoms with Crippen LogP contribution in [-0.4, -0.2) is 24.2 Å². The van der Waals surface area contributed by atoms with Crippen LogP contribution in [0.4, 0.5) is 0 Å². The van der Waals surface area contributed by atoms with Crippen molar-refractivity contribution in [2.45, 2.75) is 71.3 Å². The molecule has 0 heterocycles. The quantitative estimate of drug-likeness (QED) is 0.170. The van der Waals surface area contributed by atoms with Gasteiger partial charge in [-0.05, 0) is 31.9 Å². The van der Waals surface area contributed by atoms with Crippen LogP contribution in [-0.2, 0) is 18.7 Å². The molecule has 1 N–H and O–H groups in total. The van der Waals surface area contributed by atoms with Gasteiger partial charge in [-0.25, -0.2) is 9.45 Å². The molecule has 150 valence electrons. The van der Waals surface area contributed by atoms with Crippen molar-refractivity contribution in [1.82, 2.24) is 0 Å². The fraction of sp³-hybridized carbons (Fsp3) is 0.684. The van der Waals surface area contributed by atoms with E-state index in [1.165, 1.54) is 32.1 Å². The van der Waals surface area contributed by atoms with E-state index >= 15 is 0 Å². The maximum absolute atomic E-state index is 11.5. The topological polar surface area (TPSA) is 74.2 Å². The van der Waals surface area contributed by atoms with Gasteiger partial charge in [-0.1, -0.05) is 63.6 Å². The van der Waals surface area contributed by atoms with Crippen molar-refractivity contribution < 1.29 is 28.3 Å².